The Morgan fingerprint density at radius 1 is 1.14 bits per heavy atom. The smallest absolute Gasteiger partial charge is 0.110 e. The normalized spacial score (nSPS) is 53.8. The van der Waals surface area contributed by atoms with E-state index in [1.807, 2.05) is 0 Å². The van der Waals surface area contributed by atoms with E-state index >= 15 is 0 Å². The highest BCUT2D eigenvalue weighted by molar-refractivity contribution is 14.1. The quantitative estimate of drug-likeness (QED) is 0.666. The molecule has 4 atom stereocenters. The van der Waals surface area contributed by atoms with Gasteiger partial charge in [0.1, 0.15) is 23.0 Å². The lowest BCUT2D eigenvalue weighted by Gasteiger charge is -2.45. The fourth-order valence-electron chi connectivity index (χ4n) is 4.61. The van der Waals surface area contributed by atoms with Crippen molar-refractivity contribution in [1.82, 2.24) is 0 Å². The molecule has 0 amide bonds. The third kappa shape index (κ3) is 1.29. The molecule has 80 valence electrons. The molecule has 2 heteroatoms. The first kappa shape index (κ1) is 9.88. The van der Waals surface area contributed by atoms with Crippen LogP contribution >= 0.6 is 23.0 Å². The van der Waals surface area contributed by atoms with Gasteiger partial charge < -0.3 is 3.07 Å². The first-order valence-electron chi connectivity index (χ1n) is 5.83. The van der Waals surface area contributed by atoms with Gasteiger partial charge in [-0.15, -0.1) is 0 Å². The molecule has 3 rings (SSSR count). The van der Waals surface area contributed by atoms with Crippen LogP contribution in [-0.2, 0) is 3.07 Å². The SMILES string of the molecule is CC1(C)CC2CC3CC(OI)(CC23)C1. The summed E-state index contributed by atoms with van der Waals surface area (Å²) < 4.78 is 5.85. The molecule has 0 heterocycles. The number of fused-ring (bicyclic) bond motifs is 1. The number of hydrogen-bond acceptors (Lipinski definition) is 1. The average molecular weight is 306 g/mol. The number of hydrogen-bond donors (Lipinski definition) is 0. The van der Waals surface area contributed by atoms with Crippen LogP contribution in [0.5, 0.6) is 0 Å². The van der Waals surface area contributed by atoms with Gasteiger partial charge in [-0.2, -0.15) is 0 Å². The van der Waals surface area contributed by atoms with E-state index in [0.717, 1.165) is 17.8 Å². The second-order valence-electron chi connectivity index (χ2n) is 6.63. The van der Waals surface area contributed by atoms with Crippen molar-refractivity contribution >= 4 is 23.0 Å². The van der Waals surface area contributed by atoms with Crippen LogP contribution < -0.4 is 0 Å². The molecule has 0 aliphatic heterocycles. The highest BCUT2D eigenvalue weighted by Gasteiger charge is 2.59. The zero-order valence-corrected chi connectivity index (χ0v) is 11.2. The molecule has 2 bridgehead atoms. The van der Waals surface area contributed by atoms with E-state index in [4.69, 9.17) is 3.07 Å². The highest BCUT2D eigenvalue weighted by atomic mass is 127. The predicted octanol–water partition coefficient (Wildman–Crippen LogP) is 3.96. The van der Waals surface area contributed by atoms with E-state index in [9.17, 15) is 0 Å². The van der Waals surface area contributed by atoms with Gasteiger partial charge >= 0.3 is 0 Å². The Labute approximate surface area is 101 Å². The second-order valence-corrected chi connectivity index (χ2v) is 7.07. The summed E-state index contributed by atoms with van der Waals surface area (Å²) in [6, 6.07) is 0. The van der Waals surface area contributed by atoms with Crippen LogP contribution in [0, 0.1) is 23.2 Å². The van der Waals surface area contributed by atoms with Crippen LogP contribution in [0.25, 0.3) is 0 Å². The summed E-state index contributed by atoms with van der Waals surface area (Å²) in [4.78, 5) is 0. The fraction of sp³-hybridized carbons (Fsp3) is 1.00. The van der Waals surface area contributed by atoms with Crippen molar-refractivity contribution < 1.29 is 3.07 Å². The maximum atomic E-state index is 5.85. The lowest BCUT2D eigenvalue weighted by molar-refractivity contribution is 0.0243. The minimum Gasteiger partial charge on any atom is -0.309 e. The van der Waals surface area contributed by atoms with Gasteiger partial charge in [-0.25, -0.2) is 0 Å². The first-order valence-corrected chi connectivity index (χ1v) is 6.71. The van der Waals surface area contributed by atoms with E-state index in [1.54, 1.807) is 0 Å². The molecule has 0 N–H and O–H groups in total. The van der Waals surface area contributed by atoms with Crippen molar-refractivity contribution in [3.63, 3.8) is 0 Å². The molecule has 0 aromatic carbocycles. The maximum absolute atomic E-state index is 5.85. The molecule has 3 aliphatic rings. The Morgan fingerprint density at radius 2 is 1.86 bits per heavy atom. The summed E-state index contributed by atoms with van der Waals surface area (Å²) in [6.07, 6.45) is 6.92. The van der Waals surface area contributed by atoms with Gasteiger partial charge in [0.05, 0.1) is 5.60 Å². The molecule has 3 saturated carbocycles. The van der Waals surface area contributed by atoms with E-state index in [-0.39, 0.29) is 5.60 Å². The second kappa shape index (κ2) is 2.88. The molecule has 3 fully saturated rings. The third-order valence-electron chi connectivity index (χ3n) is 4.84. The van der Waals surface area contributed by atoms with Crippen molar-refractivity contribution in [3.8, 4) is 0 Å². The molecule has 4 unspecified atom stereocenters. The molecule has 0 saturated heterocycles. The van der Waals surface area contributed by atoms with Crippen LogP contribution in [0.4, 0.5) is 0 Å². The van der Waals surface area contributed by atoms with Crippen LogP contribution in [-0.4, -0.2) is 5.60 Å². The largest absolute Gasteiger partial charge is 0.309 e. The number of rotatable bonds is 1. The Bertz CT molecular complexity index is 263. The summed E-state index contributed by atoms with van der Waals surface area (Å²) in [5.74, 6) is 3.07. The van der Waals surface area contributed by atoms with Crippen LogP contribution in [0.1, 0.15) is 46.0 Å². The Morgan fingerprint density at radius 3 is 2.57 bits per heavy atom. The molecular weight excluding hydrogens is 287 g/mol. The third-order valence-corrected chi connectivity index (χ3v) is 5.77. The molecular formula is C12H19IO. The summed E-state index contributed by atoms with van der Waals surface area (Å²) in [5.41, 5.74) is 0.765. The molecule has 0 radical (unpaired) electrons. The van der Waals surface area contributed by atoms with Crippen molar-refractivity contribution in [1.29, 1.82) is 0 Å². The van der Waals surface area contributed by atoms with Crippen molar-refractivity contribution in [2.75, 3.05) is 0 Å². The molecule has 3 aliphatic carbocycles. The minimum atomic E-state index is 0.255. The average Bonchev–Trinajstić information content (AvgIpc) is 2.30. The Hall–Kier alpha value is 0.690. The predicted molar refractivity (Wildman–Crippen MR) is 65.2 cm³/mol. The maximum Gasteiger partial charge on any atom is 0.110 e. The van der Waals surface area contributed by atoms with E-state index < -0.39 is 0 Å². The zero-order chi connectivity index (χ0) is 9.97. The van der Waals surface area contributed by atoms with E-state index in [0.29, 0.717) is 5.41 Å². The molecule has 14 heavy (non-hydrogen) atoms. The van der Waals surface area contributed by atoms with Gasteiger partial charge in [0.15, 0.2) is 0 Å². The van der Waals surface area contributed by atoms with E-state index in [1.165, 1.54) is 32.1 Å². The van der Waals surface area contributed by atoms with Crippen LogP contribution in [0.15, 0.2) is 0 Å². The summed E-state index contributed by atoms with van der Waals surface area (Å²) in [5, 5.41) is 0. The molecule has 0 spiro atoms. The summed E-state index contributed by atoms with van der Waals surface area (Å²) >= 11 is 2.15. The summed E-state index contributed by atoms with van der Waals surface area (Å²) in [6.45, 7) is 4.86. The van der Waals surface area contributed by atoms with Gasteiger partial charge in [0.25, 0.3) is 0 Å². The fourth-order valence-corrected chi connectivity index (χ4v) is 5.12. The lowest BCUT2D eigenvalue weighted by atomic mass is 9.60. The Kier molecular flexibility index (Phi) is 2.03. The van der Waals surface area contributed by atoms with Crippen molar-refractivity contribution in [2.45, 2.75) is 51.6 Å². The summed E-state index contributed by atoms with van der Waals surface area (Å²) in [7, 11) is 0. The topological polar surface area (TPSA) is 9.23 Å². The van der Waals surface area contributed by atoms with Crippen LogP contribution in [0.3, 0.4) is 0 Å². The number of halogens is 1. The van der Waals surface area contributed by atoms with Gasteiger partial charge in [0, 0.05) is 0 Å². The molecule has 1 nitrogen and oxygen atoms in total. The van der Waals surface area contributed by atoms with Gasteiger partial charge in [-0.3, -0.25) is 0 Å². The van der Waals surface area contributed by atoms with E-state index in [2.05, 4.69) is 36.9 Å². The van der Waals surface area contributed by atoms with Gasteiger partial charge in [-0.05, 0) is 55.3 Å². The first-order chi connectivity index (χ1) is 6.54. The van der Waals surface area contributed by atoms with Gasteiger partial charge in [-0.1, -0.05) is 13.8 Å². The zero-order valence-electron chi connectivity index (χ0n) is 9.05. The minimum absolute atomic E-state index is 0.255. The molecule has 0 aromatic rings. The van der Waals surface area contributed by atoms with Crippen LogP contribution in [0.2, 0.25) is 0 Å². The standard InChI is InChI=1S/C12H19IO/c1-11(2)4-8-3-9-5-12(7-11,14-13)6-10(8)9/h8-10H,3-7H2,1-2H3. The monoisotopic (exact) mass is 306 g/mol. The van der Waals surface area contributed by atoms with Crippen molar-refractivity contribution in [2.24, 2.45) is 23.2 Å². The van der Waals surface area contributed by atoms with Crippen molar-refractivity contribution in [3.05, 3.63) is 0 Å². The van der Waals surface area contributed by atoms with Gasteiger partial charge in [0.2, 0.25) is 0 Å². The molecule has 0 aromatic heterocycles. The highest BCUT2D eigenvalue weighted by Crippen LogP contribution is 2.64. The Balaban J connectivity index is 1.93. The lowest BCUT2D eigenvalue weighted by Crippen LogP contribution is -2.38.